The molecule has 1 atom stereocenters. The number of fused-ring (bicyclic) bond motifs is 1. The van der Waals surface area contributed by atoms with E-state index >= 15 is 0 Å². The minimum Gasteiger partial charge on any atom is -0.384 e. The summed E-state index contributed by atoms with van der Waals surface area (Å²) in [6.07, 6.45) is 9.56. The van der Waals surface area contributed by atoms with Crippen LogP contribution in [-0.2, 0) is 9.59 Å². The lowest BCUT2D eigenvalue weighted by molar-refractivity contribution is -0.132. The van der Waals surface area contributed by atoms with Crippen LogP contribution in [-0.4, -0.2) is 68.7 Å². The van der Waals surface area contributed by atoms with Gasteiger partial charge in [0.25, 0.3) is 11.8 Å². The predicted molar refractivity (Wildman–Crippen MR) is 167 cm³/mol. The van der Waals surface area contributed by atoms with Gasteiger partial charge in [0, 0.05) is 36.3 Å². The highest BCUT2D eigenvalue weighted by molar-refractivity contribution is 6.25. The van der Waals surface area contributed by atoms with Gasteiger partial charge in [-0.15, -0.1) is 0 Å². The van der Waals surface area contributed by atoms with E-state index in [0.29, 0.717) is 35.2 Å². The average molecular weight is 625 g/mol. The van der Waals surface area contributed by atoms with Gasteiger partial charge in [0.1, 0.15) is 11.6 Å². The van der Waals surface area contributed by atoms with Crippen LogP contribution >= 0.6 is 0 Å². The second-order valence-electron chi connectivity index (χ2n) is 13.6. The number of hydrogen-bond acceptors (Lipinski definition) is 8. The molecule has 2 aromatic heterocycles. The van der Waals surface area contributed by atoms with Crippen LogP contribution in [0.4, 0.5) is 10.1 Å². The molecule has 2 aliphatic heterocycles. The molecular weight excluding hydrogens is 587 g/mol. The zero-order valence-electron chi connectivity index (χ0n) is 25.6. The Morgan fingerprint density at radius 2 is 1.76 bits per heavy atom. The number of nitrogens with zero attached hydrogens (tertiary/aromatic N) is 4. The quantitative estimate of drug-likeness (QED) is 0.271. The number of halogens is 1. The minimum atomic E-state index is -0.884. The van der Waals surface area contributed by atoms with Crippen LogP contribution < -0.4 is 10.6 Å². The van der Waals surface area contributed by atoms with Crippen LogP contribution in [0, 0.1) is 11.7 Å². The first-order valence-corrected chi connectivity index (χ1v) is 16.6. The molecule has 3 aliphatic carbocycles. The van der Waals surface area contributed by atoms with Crippen molar-refractivity contribution < 1.29 is 23.6 Å². The van der Waals surface area contributed by atoms with Crippen LogP contribution in [0.15, 0.2) is 36.7 Å². The van der Waals surface area contributed by atoms with Crippen LogP contribution in [0.5, 0.6) is 0 Å². The fraction of sp³-hybridized carbons (Fsp3) is 0.486. The van der Waals surface area contributed by atoms with Crippen molar-refractivity contribution in [3.8, 4) is 11.3 Å². The second kappa shape index (κ2) is 11.5. The van der Waals surface area contributed by atoms with Crippen molar-refractivity contribution in [2.45, 2.75) is 81.7 Å². The lowest BCUT2D eigenvalue weighted by Crippen LogP contribution is -2.47. The number of nitrogens with one attached hydrogen (secondary N) is 2. The Morgan fingerprint density at radius 3 is 2.52 bits per heavy atom. The monoisotopic (exact) mass is 624 g/mol. The molecule has 46 heavy (non-hydrogen) atoms. The first-order valence-electron chi connectivity index (χ1n) is 16.6. The van der Waals surface area contributed by atoms with E-state index in [1.165, 1.54) is 6.20 Å². The van der Waals surface area contributed by atoms with Gasteiger partial charge in [-0.05, 0) is 93.6 Å². The summed E-state index contributed by atoms with van der Waals surface area (Å²) in [4.78, 5) is 56.6. The molecule has 0 bridgehead atoms. The number of carbonyl (C=O) groups is 4. The van der Waals surface area contributed by atoms with Gasteiger partial charge >= 0.3 is 0 Å². The average Bonchev–Trinajstić information content (AvgIpc) is 3.74. The SMILES string of the molecule is O=C1CCC(N2C(=O)c3cccc(NCC4CC(n5cc(-c6ncc(F)cc6C6CCNCC6)c(C6CC6)n5)C4)c3C2=O)C(=O)C1. The van der Waals surface area contributed by atoms with E-state index in [1.807, 2.05) is 0 Å². The van der Waals surface area contributed by atoms with E-state index in [-0.39, 0.29) is 48.6 Å². The number of ketones is 2. The summed E-state index contributed by atoms with van der Waals surface area (Å²) in [5.74, 6) is -0.721. The van der Waals surface area contributed by atoms with Crippen molar-refractivity contribution >= 4 is 29.1 Å². The third-order valence-electron chi connectivity index (χ3n) is 10.5. The number of carbonyl (C=O) groups excluding carboxylic acids is 4. The lowest BCUT2D eigenvalue weighted by atomic mass is 9.80. The number of Topliss-reactive ketones (excluding diaryl/α,β-unsaturated/α-hetero) is 2. The van der Waals surface area contributed by atoms with Gasteiger partial charge in [-0.3, -0.25) is 33.7 Å². The third-order valence-corrected chi connectivity index (χ3v) is 10.5. The molecule has 3 saturated carbocycles. The molecule has 0 spiro atoms. The van der Waals surface area contributed by atoms with Crippen molar-refractivity contribution in [2.75, 3.05) is 25.0 Å². The second-order valence-corrected chi connectivity index (χ2v) is 13.6. The van der Waals surface area contributed by atoms with Gasteiger partial charge in [-0.1, -0.05) is 6.07 Å². The van der Waals surface area contributed by atoms with E-state index in [0.717, 1.165) is 79.0 Å². The highest BCUT2D eigenvalue weighted by Gasteiger charge is 2.45. The molecule has 0 radical (unpaired) electrons. The maximum absolute atomic E-state index is 14.4. The lowest BCUT2D eigenvalue weighted by Gasteiger charge is -2.36. The smallest absolute Gasteiger partial charge is 0.264 e. The Morgan fingerprint density at radius 1 is 0.957 bits per heavy atom. The molecule has 10 nitrogen and oxygen atoms in total. The van der Waals surface area contributed by atoms with Gasteiger partial charge < -0.3 is 10.6 Å². The van der Waals surface area contributed by atoms with Crippen molar-refractivity contribution in [3.05, 3.63) is 64.9 Å². The summed E-state index contributed by atoms with van der Waals surface area (Å²) in [5, 5.41) is 11.9. The van der Waals surface area contributed by atoms with Gasteiger partial charge in [0.05, 0.1) is 47.2 Å². The fourth-order valence-electron chi connectivity index (χ4n) is 7.76. The van der Waals surface area contributed by atoms with E-state index in [9.17, 15) is 23.6 Å². The number of amides is 2. The van der Waals surface area contributed by atoms with Crippen LogP contribution in [0.3, 0.4) is 0 Å². The Labute approximate surface area is 266 Å². The highest BCUT2D eigenvalue weighted by Crippen LogP contribution is 2.47. The van der Waals surface area contributed by atoms with Crippen molar-refractivity contribution in [1.29, 1.82) is 0 Å². The Balaban J connectivity index is 0.960. The molecule has 1 aromatic carbocycles. The molecule has 8 rings (SSSR count). The summed E-state index contributed by atoms with van der Waals surface area (Å²) in [6, 6.07) is 6.19. The van der Waals surface area contributed by atoms with Crippen molar-refractivity contribution in [2.24, 2.45) is 5.92 Å². The number of piperidine rings is 1. The van der Waals surface area contributed by atoms with E-state index < -0.39 is 17.9 Å². The molecule has 4 fully saturated rings. The summed E-state index contributed by atoms with van der Waals surface area (Å²) >= 11 is 0. The maximum Gasteiger partial charge on any atom is 0.264 e. The zero-order valence-corrected chi connectivity index (χ0v) is 25.6. The molecule has 1 saturated heterocycles. The molecule has 5 aliphatic rings. The Bertz CT molecular complexity index is 1750. The predicted octanol–water partition coefficient (Wildman–Crippen LogP) is 4.78. The summed E-state index contributed by atoms with van der Waals surface area (Å²) in [5.41, 5.74) is 5.15. The molecule has 2 amide bonds. The summed E-state index contributed by atoms with van der Waals surface area (Å²) in [7, 11) is 0. The molecule has 3 aromatic rings. The summed E-state index contributed by atoms with van der Waals surface area (Å²) in [6.45, 7) is 2.47. The van der Waals surface area contributed by atoms with Crippen molar-refractivity contribution in [1.82, 2.24) is 25.0 Å². The Kier molecular flexibility index (Phi) is 7.31. The van der Waals surface area contributed by atoms with Crippen LogP contribution in [0.25, 0.3) is 11.3 Å². The maximum atomic E-state index is 14.4. The third kappa shape index (κ3) is 5.14. The number of hydrogen-bond donors (Lipinski definition) is 2. The first kappa shape index (κ1) is 29.2. The molecular formula is C35H37FN6O4. The molecule has 2 N–H and O–H groups in total. The number of anilines is 1. The normalized spacial score (nSPS) is 25.2. The van der Waals surface area contributed by atoms with Gasteiger partial charge in [-0.25, -0.2) is 4.39 Å². The molecule has 1 unspecified atom stereocenters. The van der Waals surface area contributed by atoms with Crippen LogP contribution in [0.2, 0.25) is 0 Å². The van der Waals surface area contributed by atoms with Gasteiger partial charge in [0.15, 0.2) is 5.78 Å². The summed E-state index contributed by atoms with van der Waals surface area (Å²) < 4.78 is 16.5. The zero-order chi connectivity index (χ0) is 31.5. The number of pyridine rings is 1. The molecule has 11 heteroatoms. The van der Waals surface area contributed by atoms with Crippen molar-refractivity contribution in [3.63, 3.8) is 0 Å². The number of benzene rings is 1. The standard InChI is InChI=1S/C35H37FN6O4/c36-22-14-26(20-8-10-37-11-9-20)33(39-17-22)27-18-41(40-32(27)21-4-5-21)23-12-19(13-23)16-38-28-3-1-2-25-31(28)35(46)42(34(25)45)29-7-6-24(43)15-30(29)44/h1-3,14,17-21,23,29,37-38H,4-13,15-16H2. The largest absolute Gasteiger partial charge is 0.384 e. The topological polar surface area (TPSA) is 126 Å². The number of rotatable bonds is 8. The fourth-order valence-corrected chi connectivity index (χ4v) is 7.76. The van der Waals surface area contributed by atoms with E-state index in [2.05, 4.69) is 26.5 Å². The van der Waals surface area contributed by atoms with E-state index in [4.69, 9.17) is 5.10 Å². The van der Waals surface area contributed by atoms with E-state index in [1.54, 1.807) is 24.3 Å². The molecule has 4 heterocycles. The van der Waals surface area contributed by atoms with Gasteiger partial charge in [0.2, 0.25) is 0 Å². The van der Waals surface area contributed by atoms with Crippen LogP contribution in [0.1, 0.15) is 108 Å². The molecule has 238 valence electrons. The minimum absolute atomic E-state index is 0.150. The number of imide groups is 1. The first-order chi connectivity index (χ1) is 22.4. The van der Waals surface area contributed by atoms with Gasteiger partial charge in [-0.2, -0.15) is 5.10 Å². The Hall–Kier alpha value is -4.25. The highest BCUT2D eigenvalue weighted by atomic mass is 19.1. The number of aromatic nitrogens is 3.